The lowest BCUT2D eigenvalue weighted by atomic mass is 10.1. The summed E-state index contributed by atoms with van der Waals surface area (Å²) in [6.45, 7) is -0.00136. The van der Waals surface area contributed by atoms with Crippen molar-refractivity contribution >= 4 is 17.3 Å². The lowest BCUT2D eigenvalue weighted by Gasteiger charge is -2.19. The fourth-order valence-electron chi connectivity index (χ4n) is 1.72. The average Bonchev–Trinajstić information content (AvgIpc) is 2.38. The summed E-state index contributed by atoms with van der Waals surface area (Å²) < 4.78 is 0. The van der Waals surface area contributed by atoms with Gasteiger partial charge in [-0.2, -0.15) is 0 Å². The Hall–Kier alpha value is -1.51. The highest BCUT2D eigenvalue weighted by Crippen LogP contribution is 2.25. The summed E-state index contributed by atoms with van der Waals surface area (Å²) in [5.41, 5.74) is 1.87. The van der Waals surface area contributed by atoms with Gasteiger partial charge in [-0.15, -0.1) is 0 Å². The molecular weight excluding hydrogens is 234 g/mol. The van der Waals surface area contributed by atoms with E-state index in [-0.39, 0.29) is 12.6 Å². The second-order valence-electron chi connectivity index (χ2n) is 3.77. The van der Waals surface area contributed by atoms with Crippen LogP contribution in [0, 0.1) is 0 Å². The number of hydrogen-bond donors (Lipinski definition) is 2. The van der Waals surface area contributed by atoms with Crippen LogP contribution < -0.4 is 5.32 Å². The molecule has 88 valence electrons. The van der Waals surface area contributed by atoms with Crippen LogP contribution in [-0.4, -0.2) is 11.7 Å². The van der Waals surface area contributed by atoms with E-state index in [4.69, 9.17) is 11.6 Å². The molecule has 2 aromatic carbocycles. The second kappa shape index (κ2) is 5.71. The zero-order valence-corrected chi connectivity index (χ0v) is 10.1. The molecule has 0 radical (unpaired) electrons. The minimum absolute atomic E-state index is 0.00136. The topological polar surface area (TPSA) is 32.3 Å². The van der Waals surface area contributed by atoms with Crippen LogP contribution in [0.3, 0.4) is 0 Å². The van der Waals surface area contributed by atoms with Gasteiger partial charge in [0.25, 0.3) is 0 Å². The normalized spacial score (nSPS) is 12.1. The van der Waals surface area contributed by atoms with Crippen molar-refractivity contribution in [1.82, 2.24) is 0 Å². The number of para-hydroxylation sites is 1. The number of hydrogen-bond acceptors (Lipinski definition) is 2. The highest BCUT2D eigenvalue weighted by molar-refractivity contribution is 6.31. The largest absolute Gasteiger partial charge is 0.394 e. The molecule has 0 spiro atoms. The van der Waals surface area contributed by atoms with Crippen LogP contribution in [0.2, 0.25) is 5.02 Å². The number of aliphatic hydroxyl groups is 1. The molecule has 1 unspecified atom stereocenters. The number of aliphatic hydroxyl groups excluding tert-OH is 1. The van der Waals surface area contributed by atoms with E-state index in [2.05, 4.69) is 5.32 Å². The maximum Gasteiger partial charge on any atom is 0.0759 e. The zero-order chi connectivity index (χ0) is 12.1. The Morgan fingerprint density at radius 2 is 1.65 bits per heavy atom. The highest BCUT2D eigenvalue weighted by Gasteiger charge is 2.12. The standard InChI is InChI=1S/C14H14ClNO/c15-13-9-5-4-8-12(13)14(10-17)16-11-6-2-1-3-7-11/h1-9,14,16-17H,10H2. The lowest BCUT2D eigenvalue weighted by Crippen LogP contribution is -2.15. The Bertz CT molecular complexity index is 473. The van der Waals surface area contributed by atoms with Gasteiger partial charge in [-0.05, 0) is 23.8 Å². The van der Waals surface area contributed by atoms with E-state index in [1.54, 1.807) is 0 Å². The maximum atomic E-state index is 9.44. The Kier molecular flexibility index (Phi) is 4.02. The van der Waals surface area contributed by atoms with Crippen LogP contribution in [0.15, 0.2) is 54.6 Å². The number of benzene rings is 2. The maximum absolute atomic E-state index is 9.44. The van der Waals surface area contributed by atoms with E-state index in [1.807, 2.05) is 54.6 Å². The monoisotopic (exact) mass is 247 g/mol. The van der Waals surface area contributed by atoms with Crippen molar-refractivity contribution in [2.45, 2.75) is 6.04 Å². The second-order valence-corrected chi connectivity index (χ2v) is 4.17. The molecule has 0 aliphatic rings. The van der Waals surface area contributed by atoms with Crippen LogP contribution >= 0.6 is 11.6 Å². The molecule has 0 aromatic heterocycles. The molecule has 0 saturated heterocycles. The smallest absolute Gasteiger partial charge is 0.0759 e. The first-order chi connectivity index (χ1) is 8.31. The van der Waals surface area contributed by atoms with Gasteiger partial charge >= 0.3 is 0 Å². The molecule has 0 aliphatic carbocycles. The van der Waals surface area contributed by atoms with Gasteiger partial charge in [0.1, 0.15) is 0 Å². The molecule has 0 bridgehead atoms. The summed E-state index contributed by atoms with van der Waals surface area (Å²) in [7, 11) is 0. The van der Waals surface area contributed by atoms with E-state index in [9.17, 15) is 5.11 Å². The van der Waals surface area contributed by atoms with E-state index >= 15 is 0 Å². The Balaban J connectivity index is 2.21. The van der Waals surface area contributed by atoms with Crippen molar-refractivity contribution in [3.05, 3.63) is 65.2 Å². The van der Waals surface area contributed by atoms with E-state index in [0.717, 1.165) is 11.3 Å². The predicted molar refractivity (Wildman–Crippen MR) is 71.3 cm³/mol. The highest BCUT2D eigenvalue weighted by atomic mass is 35.5. The summed E-state index contributed by atoms with van der Waals surface area (Å²) in [6.07, 6.45) is 0. The fraction of sp³-hybridized carbons (Fsp3) is 0.143. The lowest BCUT2D eigenvalue weighted by molar-refractivity contribution is 0.276. The molecule has 0 heterocycles. The van der Waals surface area contributed by atoms with Gasteiger partial charge in [-0.25, -0.2) is 0 Å². The van der Waals surface area contributed by atoms with Crippen molar-refractivity contribution in [3.8, 4) is 0 Å². The molecule has 0 fully saturated rings. The van der Waals surface area contributed by atoms with E-state index in [1.165, 1.54) is 0 Å². The molecule has 3 heteroatoms. The number of rotatable bonds is 4. The van der Waals surface area contributed by atoms with Gasteiger partial charge in [0, 0.05) is 10.7 Å². The van der Waals surface area contributed by atoms with Crippen LogP contribution in [-0.2, 0) is 0 Å². The Morgan fingerprint density at radius 1 is 1.00 bits per heavy atom. The average molecular weight is 248 g/mol. The molecular formula is C14H14ClNO. The third-order valence-corrected chi connectivity index (χ3v) is 2.92. The zero-order valence-electron chi connectivity index (χ0n) is 9.31. The first-order valence-electron chi connectivity index (χ1n) is 5.48. The Labute approximate surface area is 106 Å². The van der Waals surface area contributed by atoms with Gasteiger partial charge in [-0.1, -0.05) is 48.0 Å². The summed E-state index contributed by atoms with van der Waals surface area (Å²) >= 11 is 6.11. The van der Waals surface area contributed by atoms with Crippen molar-refractivity contribution in [2.24, 2.45) is 0 Å². The molecule has 17 heavy (non-hydrogen) atoms. The van der Waals surface area contributed by atoms with Crippen LogP contribution in [0.4, 0.5) is 5.69 Å². The third-order valence-electron chi connectivity index (χ3n) is 2.58. The van der Waals surface area contributed by atoms with Crippen molar-refractivity contribution in [3.63, 3.8) is 0 Å². The van der Waals surface area contributed by atoms with E-state index < -0.39 is 0 Å². The molecule has 2 rings (SSSR count). The minimum Gasteiger partial charge on any atom is -0.394 e. The molecule has 2 nitrogen and oxygen atoms in total. The summed E-state index contributed by atoms with van der Waals surface area (Å²) in [5, 5.41) is 13.4. The van der Waals surface area contributed by atoms with Crippen molar-refractivity contribution in [1.29, 1.82) is 0 Å². The van der Waals surface area contributed by atoms with Crippen LogP contribution in [0.1, 0.15) is 11.6 Å². The van der Waals surface area contributed by atoms with Gasteiger partial charge in [-0.3, -0.25) is 0 Å². The predicted octanol–water partition coefficient (Wildman–Crippen LogP) is 3.49. The molecule has 1 atom stereocenters. The summed E-state index contributed by atoms with van der Waals surface area (Å²) in [4.78, 5) is 0. The van der Waals surface area contributed by atoms with E-state index in [0.29, 0.717) is 5.02 Å². The molecule has 0 saturated carbocycles. The van der Waals surface area contributed by atoms with Crippen molar-refractivity contribution < 1.29 is 5.11 Å². The minimum atomic E-state index is -0.189. The fourth-order valence-corrected chi connectivity index (χ4v) is 1.98. The van der Waals surface area contributed by atoms with Crippen LogP contribution in [0.25, 0.3) is 0 Å². The first-order valence-corrected chi connectivity index (χ1v) is 5.86. The number of halogens is 1. The van der Waals surface area contributed by atoms with Gasteiger partial charge in [0.15, 0.2) is 0 Å². The molecule has 0 amide bonds. The summed E-state index contributed by atoms with van der Waals surface area (Å²) in [6, 6.07) is 17.1. The molecule has 2 aromatic rings. The van der Waals surface area contributed by atoms with Gasteiger partial charge in [0.2, 0.25) is 0 Å². The quantitative estimate of drug-likeness (QED) is 0.867. The third kappa shape index (κ3) is 2.99. The van der Waals surface area contributed by atoms with Crippen LogP contribution in [0.5, 0.6) is 0 Å². The number of nitrogens with one attached hydrogen (secondary N) is 1. The SMILES string of the molecule is OCC(Nc1ccccc1)c1ccccc1Cl. The Morgan fingerprint density at radius 3 is 2.29 bits per heavy atom. The number of anilines is 1. The first kappa shape index (κ1) is 12.0. The summed E-state index contributed by atoms with van der Waals surface area (Å²) in [5.74, 6) is 0. The van der Waals surface area contributed by atoms with Gasteiger partial charge < -0.3 is 10.4 Å². The van der Waals surface area contributed by atoms with Gasteiger partial charge in [0.05, 0.1) is 12.6 Å². The molecule has 0 aliphatic heterocycles. The van der Waals surface area contributed by atoms with Crippen molar-refractivity contribution in [2.75, 3.05) is 11.9 Å². The molecule has 2 N–H and O–H groups in total.